The SMILES string of the molecule is CC1CCCCCCCC1Cc1cn2cc(-c3ccccc3)nc2s1. The van der Waals surface area contributed by atoms with Gasteiger partial charge in [0.1, 0.15) is 0 Å². The summed E-state index contributed by atoms with van der Waals surface area (Å²) in [5, 5.41) is 0. The summed E-state index contributed by atoms with van der Waals surface area (Å²) in [5.41, 5.74) is 2.28. The van der Waals surface area contributed by atoms with Gasteiger partial charge in [-0.15, -0.1) is 11.3 Å². The second kappa shape index (κ2) is 7.74. The van der Waals surface area contributed by atoms with Crippen LogP contribution < -0.4 is 0 Å². The Morgan fingerprint density at radius 2 is 1.76 bits per heavy atom. The normalized spacial score (nSPS) is 22.4. The molecule has 0 N–H and O–H groups in total. The van der Waals surface area contributed by atoms with Crippen LogP contribution in [0, 0.1) is 11.8 Å². The smallest absolute Gasteiger partial charge is 0.194 e. The quantitative estimate of drug-likeness (QED) is 0.519. The van der Waals surface area contributed by atoms with Crippen LogP contribution in [0.2, 0.25) is 0 Å². The maximum atomic E-state index is 4.85. The Bertz CT molecular complexity index is 770. The van der Waals surface area contributed by atoms with Crippen molar-refractivity contribution >= 4 is 16.3 Å². The van der Waals surface area contributed by atoms with Gasteiger partial charge in [0.05, 0.1) is 5.69 Å². The van der Waals surface area contributed by atoms with E-state index in [-0.39, 0.29) is 0 Å². The van der Waals surface area contributed by atoms with Crippen LogP contribution in [0.5, 0.6) is 0 Å². The highest BCUT2D eigenvalue weighted by molar-refractivity contribution is 7.17. The highest BCUT2D eigenvalue weighted by Crippen LogP contribution is 2.32. The lowest BCUT2D eigenvalue weighted by atomic mass is 9.84. The van der Waals surface area contributed by atoms with E-state index in [0.29, 0.717) is 0 Å². The first-order chi connectivity index (χ1) is 12.3. The molecule has 1 saturated carbocycles. The van der Waals surface area contributed by atoms with Gasteiger partial charge < -0.3 is 0 Å². The molecule has 2 unspecified atom stereocenters. The Balaban J connectivity index is 1.50. The molecule has 1 aliphatic rings. The third kappa shape index (κ3) is 3.98. The van der Waals surface area contributed by atoms with Gasteiger partial charge in [-0.2, -0.15) is 0 Å². The molecule has 2 aromatic heterocycles. The maximum absolute atomic E-state index is 4.85. The summed E-state index contributed by atoms with van der Waals surface area (Å²) < 4.78 is 2.22. The van der Waals surface area contributed by atoms with Crippen LogP contribution >= 0.6 is 11.3 Å². The fourth-order valence-electron chi connectivity index (χ4n) is 4.17. The first-order valence-corrected chi connectivity index (χ1v) is 10.6. The summed E-state index contributed by atoms with van der Waals surface area (Å²) in [7, 11) is 0. The minimum absolute atomic E-state index is 0.843. The molecule has 3 aromatic rings. The highest BCUT2D eigenvalue weighted by Gasteiger charge is 2.20. The first-order valence-electron chi connectivity index (χ1n) is 9.82. The van der Waals surface area contributed by atoms with Gasteiger partial charge in [-0.3, -0.25) is 4.40 Å². The van der Waals surface area contributed by atoms with Gasteiger partial charge in [0.25, 0.3) is 0 Å². The molecular weight excluding hydrogens is 324 g/mol. The maximum Gasteiger partial charge on any atom is 0.194 e. The predicted molar refractivity (Wildman–Crippen MR) is 107 cm³/mol. The van der Waals surface area contributed by atoms with Crippen LogP contribution in [0.1, 0.15) is 56.7 Å². The standard InChI is InChI=1S/C22H28N2S/c1-17-10-6-3-2-4-7-13-19(17)14-20-15-24-16-21(23-22(24)25-20)18-11-8-5-9-12-18/h5,8-9,11-12,15-17,19H,2-4,6-7,10,13-14H2,1H3. The summed E-state index contributed by atoms with van der Waals surface area (Å²) in [6, 6.07) is 10.5. The third-order valence-corrected chi connectivity index (χ3v) is 6.79. The predicted octanol–water partition coefficient (Wildman–Crippen LogP) is 6.60. The van der Waals surface area contributed by atoms with Gasteiger partial charge in [0.15, 0.2) is 4.96 Å². The number of hydrogen-bond donors (Lipinski definition) is 0. The number of fused-ring (bicyclic) bond motifs is 1. The van der Waals surface area contributed by atoms with Gasteiger partial charge in [0, 0.05) is 22.8 Å². The van der Waals surface area contributed by atoms with Crippen molar-refractivity contribution in [2.75, 3.05) is 0 Å². The Hall–Kier alpha value is -1.61. The molecule has 2 nitrogen and oxygen atoms in total. The molecule has 0 amide bonds. The van der Waals surface area contributed by atoms with Crippen molar-refractivity contribution in [3.8, 4) is 11.3 Å². The summed E-state index contributed by atoms with van der Waals surface area (Å²) in [6.45, 7) is 2.47. The number of benzene rings is 1. The fourth-order valence-corrected chi connectivity index (χ4v) is 5.22. The monoisotopic (exact) mass is 352 g/mol. The van der Waals surface area contributed by atoms with E-state index in [2.05, 4.69) is 54.0 Å². The van der Waals surface area contributed by atoms with Crippen molar-refractivity contribution in [2.24, 2.45) is 11.8 Å². The van der Waals surface area contributed by atoms with E-state index in [9.17, 15) is 0 Å². The van der Waals surface area contributed by atoms with Gasteiger partial charge >= 0.3 is 0 Å². The minimum Gasteiger partial charge on any atom is -0.297 e. The third-order valence-electron chi connectivity index (χ3n) is 5.78. The highest BCUT2D eigenvalue weighted by atomic mass is 32.1. The molecule has 1 fully saturated rings. The van der Waals surface area contributed by atoms with Crippen LogP contribution in [0.15, 0.2) is 42.7 Å². The van der Waals surface area contributed by atoms with E-state index in [1.807, 2.05) is 11.3 Å². The molecule has 1 aromatic carbocycles. The largest absolute Gasteiger partial charge is 0.297 e. The zero-order valence-corrected chi connectivity index (χ0v) is 16.0. The van der Waals surface area contributed by atoms with Crippen molar-refractivity contribution in [2.45, 2.75) is 58.3 Å². The Labute approximate surface area is 154 Å². The topological polar surface area (TPSA) is 17.3 Å². The summed E-state index contributed by atoms with van der Waals surface area (Å²) in [6.07, 6.45) is 15.7. The molecule has 0 aliphatic heterocycles. The molecule has 25 heavy (non-hydrogen) atoms. The Morgan fingerprint density at radius 3 is 2.56 bits per heavy atom. The Kier molecular flexibility index (Phi) is 5.21. The van der Waals surface area contributed by atoms with E-state index in [4.69, 9.17) is 4.98 Å². The van der Waals surface area contributed by atoms with E-state index >= 15 is 0 Å². The average molecular weight is 353 g/mol. The Morgan fingerprint density at radius 1 is 1.00 bits per heavy atom. The molecule has 0 spiro atoms. The van der Waals surface area contributed by atoms with Gasteiger partial charge in [-0.05, 0) is 24.7 Å². The molecule has 0 saturated heterocycles. The fraction of sp³-hybridized carbons (Fsp3) is 0.500. The lowest BCUT2D eigenvalue weighted by Crippen LogP contribution is -2.14. The molecule has 2 atom stereocenters. The van der Waals surface area contributed by atoms with E-state index in [1.54, 1.807) is 0 Å². The number of imidazole rings is 1. The second-order valence-corrected chi connectivity index (χ2v) is 8.76. The van der Waals surface area contributed by atoms with Crippen molar-refractivity contribution < 1.29 is 0 Å². The van der Waals surface area contributed by atoms with Crippen LogP contribution in [0.25, 0.3) is 16.2 Å². The van der Waals surface area contributed by atoms with E-state index in [0.717, 1.165) is 22.5 Å². The van der Waals surface area contributed by atoms with E-state index in [1.165, 1.54) is 61.8 Å². The van der Waals surface area contributed by atoms with Crippen LogP contribution in [-0.4, -0.2) is 9.38 Å². The lowest BCUT2D eigenvalue weighted by molar-refractivity contribution is 0.312. The van der Waals surface area contributed by atoms with Crippen molar-refractivity contribution in [3.63, 3.8) is 0 Å². The molecule has 1 aliphatic carbocycles. The molecule has 2 heterocycles. The van der Waals surface area contributed by atoms with E-state index < -0.39 is 0 Å². The molecule has 4 rings (SSSR count). The first kappa shape index (κ1) is 16.8. The number of rotatable bonds is 3. The van der Waals surface area contributed by atoms with Crippen LogP contribution in [0.4, 0.5) is 0 Å². The molecule has 0 radical (unpaired) electrons. The average Bonchev–Trinajstić information content (AvgIpc) is 3.20. The second-order valence-electron chi connectivity index (χ2n) is 7.67. The van der Waals surface area contributed by atoms with Gasteiger partial charge in [-0.25, -0.2) is 4.98 Å². The summed E-state index contributed by atoms with van der Waals surface area (Å²) >= 11 is 1.88. The van der Waals surface area contributed by atoms with Crippen molar-refractivity contribution in [1.82, 2.24) is 9.38 Å². The van der Waals surface area contributed by atoms with Crippen LogP contribution in [0.3, 0.4) is 0 Å². The van der Waals surface area contributed by atoms with Gasteiger partial charge in [0.2, 0.25) is 0 Å². The molecule has 3 heteroatoms. The van der Waals surface area contributed by atoms with Gasteiger partial charge in [-0.1, -0.05) is 75.8 Å². The number of hydrogen-bond acceptors (Lipinski definition) is 2. The zero-order chi connectivity index (χ0) is 17.1. The summed E-state index contributed by atoms with van der Waals surface area (Å²) in [5.74, 6) is 1.70. The number of aromatic nitrogens is 2. The minimum atomic E-state index is 0.843. The zero-order valence-electron chi connectivity index (χ0n) is 15.2. The molecule has 0 bridgehead atoms. The molecule has 132 valence electrons. The number of thiazole rings is 1. The van der Waals surface area contributed by atoms with Crippen molar-refractivity contribution in [3.05, 3.63) is 47.6 Å². The number of nitrogens with zero attached hydrogens (tertiary/aromatic N) is 2. The molecular formula is C22H28N2S. The van der Waals surface area contributed by atoms with Crippen LogP contribution in [-0.2, 0) is 6.42 Å². The summed E-state index contributed by atoms with van der Waals surface area (Å²) in [4.78, 5) is 7.47. The lowest BCUT2D eigenvalue weighted by Gasteiger charge is -2.22. The van der Waals surface area contributed by atoms with Crippen molar-refractivity contribution in [1.29, 1.82) is 0 Å².